The summed E-state index contributed by atoms with van der Waals surface area (Å²) in [6, 6.07) is 8.54. The Kier molecular flexibility index (Phi) is 8.64. The van der Waals surface area contributed by atoms with Gasteiger partial charge in [-0.15, -0.1) is 10.2 Å². The molecule has 0 aliphatic heterocycles. The largest absolute Gasteiger partial charge is 0.356 e. The Labute approximate surface area is 167 Å². The van der Waals surface area contributed by atoms with Gasteiger partial charge in [-0.05, 0) is 31.1 Å². The van der Waals surface area contributed by atoms with Gasteiger partial charge in [-0.25, -0.2) is 0 Å². The molecule has 0 saturated carbocycles. The molecule has 1 aromatic carbocycles. The fourth-order valence-corrected chi connectivity index (χ4v) is 3.29. The summed E-state index contributed by atoms with van der Waals surface area (Å²) in [5.41, 5.74) is 2.52. The van der Waals surface area contributed by atoms with Crippen LogP contribution in [0.15, 0.2) is 34.4 Å². The van der Waals surface area contributed by atoms with E-state index in [4.69, 9.17) is 0 Å². The van der Waals surface area contributed by atoms with Crippen LogP contribution in [-0.4, -0.2) is 40.6 Å². The molecule has 2 aromatic rings. The second-order valence-electron chi connectivity index (χ2n) is 7.05. The van der Waals surface area contributed by atoms with Crippen molar-refractivity contribution in [1.29, 1.82) is 0 Å². The lowest BCUT2D eigenvalue weighted by Gasteiger charge is -2.13. The molecule has 6 nitrogen and oxygen atoms in total. The van der Waals surface area contributed by atoms with Crippen LogP contribution in [0, 0.1) is 12.8 Å². The third-order valence-electron chi connectivity index (χ3n) is 4.20. The molecule has 0 bridgehead atoms. The highest BCUT2D eigenvalue weighted by Crippen LogP contribution is 2.16. The molecule has 0 aliphatic rings. The van der Waals surface area contributed by atoms with Gasteiger partial charge in [0.05, 0.1) is 0 Å². The lowest BCUT2D eigenvalue weighted by atomic mass is 10.1. The lowest BCUT2D eigenvalue weighted by Crippen LogP contribution is -2.37. The number of thioether (sulfide) groups is 1. The number of rotatable bonds is 9. The minimum absolute atomic E-state index is 0.577. The summed E-state index contributed by atoms with van der Waals surface area (Å²) >= 11 is 1.66. The average Bonchev–Trinajstić information content (AvgIpc) is 3.03. The first kappa shape index (κ1) is 21.3. The minimum atomic E-state index is 0.577. The predicted octanol–water partition coefficient (Wildman–Crippen LogP) is 3.26. The Morgan fingerprint density at radius 1 is 1.19 bits per heavy atom. The third kappa shape index (κ3) is 6.90. The van der Waals surface area contributed by atoms with E-state index in [1.54, 1.807) is 18.8 Å². The highest BCUT2D eigenvalue weighted by molar-refractivity contribution is 7.98. The molecular formula is C20H32N6S. The molecule has 0 aliphatic carbocycles. The van der Waals surface area contributed by atoms with Gasteiger partial charge in [0, 0.05) is 33.1 Å². The van der Waals surface area contributed by atoms with Crippen molar-refractivity contribution in [3.8, 4) is 0 Å². The van der Waals surface area contributed by atoms with Gasteiger partial charge in [0.2, 0.25) is 0 Å². The number of nitrogens with zero attached hydrogens (tertiary/aromatic N) is 4. The van der Waals surface area contributed by atoms with Gasteiger partial charge < -0.3 is 15.2 Å². The summed E-state index contributed by atoms with van der Waals surface area (Å²) in [6.45, 7) is 9.11. The number of hydrogen-bond acceptors (Lipinski definition) is 4. The first-order valence-corrected chi connectivity index (χ1v) is 10.7. The number of aryl methyl sites for hydroxylation is 2. The number of benzene rings is 1. The van der Waals surface area contributed by atoms with Crippen LogP contribution in [0.2, 0.25) is 0 Å². The molecule has 0 saturated heterocycles. The van der Waals surface area contributed by atoms with E-state index in [1.807, 2.05) is 0 Å². The fourth-order valence-electron chi connectivity index (χ4n) is 2.77. The maximum Gasteiger partial charge on any atom is 0.191 e. The van der Waals surface area contributed by atoms with Gasteiger partial charge in [0.15, 0.2) is 11.1 Å². The van der Waals surface area contributed by atoms with Gasteiger partial charge in [-0.2, -0.15) is 0 Å². The van der Waals surface area contributed by atoms with Crippen LogP contribution in [0.1, 0.15) is 37.2 Å². The van der Waals surface area contributed by atoms with Crippen LogP contribution < -0.4 is 10.6 Å². The summed E-state index contributed by atoms with van der Waals surface area (Å²) in [4.78, 5) is 4.30. The zero-order valence-corrected chi connectivity index (χ0v) is 17.9. The minimum Gasteiger partial charge on any atom is -0.356 e. The lowest BCUT2D eigenvalue weighted by molar-refractivity contribution is 0.477. The van der Waals surface area contributed by atoms with Gasteiger partial charge in [0.1, 0.15) is 5.82 Å². The van der Waals surface area contributed by atoms with Crippen molar-refractivity contribution in [1.82, 2.24) is 25.4 Å². The monoisotopic (exact) mass is 388 g/mol. The number of hydrogen-bond donors (Lipinski definition) is 2. The second kappa shape index (κ2) is 11.0. The SMILES string of the molecule is CN=C(NCCCc1nnc(SC)n1CC(C)C)NCc1ccc(C)cc1. The van der Waals surface area contributed by atoms with E-state index in [0.29, 0.717) is 5.92 Å². The fraction of sp³-hybridized carbons (Fsp3) is 0.550. The van der Waals surface area contributed by atoms with Crippen molar-refractivity contribution < 1.29 is 0 Å². The smallest absolute Gasteiger partial charge is 0.191 e. The van der Waals surface area contributed by atoms with Crippen LogP contribution in [0.4, 0.5) is 0 Å². The van der Waals surface area contributed by atoms with Gasteiger partial charge >= 0.3 is 0 Å². The van der Waals surface area contributed by atoms with Crippen molar-refractivity contribution >= 4 is 17.7 Å². The molecule has 1 heterocycles. The zero-order chi connectivity index (χ0) is 19.6. The van der Waals surface area contributed by atoms with E-state index < -0.39 is 0 Å². The van der Waals surface area contributed by atoms with Crippen molar-refractivity contribution in [3.63, 3.8) is 0 Å². The molecule has 0 fully saturated rings. The molecule has 7 heteroatoms. The number of aliphatic imine (C=N–C) groups is 1. The van der Waals surface area contributed by atoms with Crippen molar-refractivity contribution in [3.05, 3.63) is 41.2 Å². The van der Waals surface area contributed by atoms with Crippen molar-refractivity contribution in [2.45, 2.75) is 51.9 Å². The molecule has 2 rings (SSSR count). The van der Waals surface area contributed by atoms with Crippen LogP contribution in [0.3, 0.4) is 0 Å². The summed E-state index contributed by atoms with van der Waals surface area (Å²) in [7, 11) is 1.80. The summed E-state index contributed by atoms with van der Waals surface area (Å²) < 4.78 is 2.25. The van der Waals surface area contributed by atoms with E-state index >= 15 is 0 Å². The summed E-state index contributed by atoms with van der Waals surface area (Å²) in [5, 5.41) is 16.4. The molecule has 0 radical (unpaired) electrons. The zero-order valence-electron chi connectivity index (χ0n) is 17.1. The predicted molar refractivity (Wildman–Crippen MR) is 114 cm³/mol. The first-order chi connectivity index (χ1) is 13.0. The number of nitrogens with one attached hydrogen (secondary N) is 2. The highest BCUT2D eigenvalue weighted by Gasteiger charge is 2.12. The Balaban J connectivity index is 1.78. The van der Waals surface area contributed by atoms with E-state index in [2.05, 4.69) is 81.7 Å². The first-order valence-electron chi connectivity index (χ1n) is 9.49. The average molecular weight is 389 g/mol. The van der Waals surface area contributed by atoms with Crippen LogP contribution >= 0.6 is 11.8 Å². The van der Waals surface area contributed by atoms with Crippen molar-refractivity contribution in [2.75, 3.05) is 19.8 Å². The van der Waals surface area contributed by atoms with Crippen molar-refractivity contribution in [2.24, 2.45) is 10.9 Å². The Hall–Kier alpha value is -2.02. The molecule has 0 unspecified atom stereocenters. The maximum absolute atomic E-state index is 4.38. The standard InChI is InChI=1S/C20H32N6S/c1-15(2)14-26-18(24-25-20(26)27-5)7-6-12-22-19(21-4)23-13-17-10-8-16(3)9-11-17/h8-11,15H,6-7,12-14H2,1-5H3,(H2,21,22,23). The molecule has 0 atom stereocenters. The highest BCUT2D eigenvalue weighted by atomic mass is 32.2. The summed E-state index contributed by atoms with van der Waals surface area (Å²) in [5.74, 6) is 2.47. The quantitative estimate of drug-likeness (QED) is 0.299. The van der Waals surface area contributed by atoms with E-state index in [-0.39, 0.29) is 0 Å². The third-order valence-corrected chi connectivity index (χ3v) is 4.86. The van der Waals surface area contributed by atoms with Gasteiger partial charge in [-0.3, -0.25) is 4.99 Å². The normalized spacial score (nSPS) is 11.9. The molecule has 1 aromatic heterocycles. The molecule has 148 valence electrons. The molecule has 0 amide bonds. The van der Waals surface area contributed by atoms with E-state index in [9.17, 15) is 0 Å². The van der Waals surface area contributed by atoms with Gasteiger partial charge in [0.25, 0.3) is 0 Å². The summed E-state index contributed by atoms with van der Waals surface area (Å²) in [6.07, 6.45) is 3.94. The van der Waals surface area contributed by atoms with Crippen LogP contribution in [0.5, 0.6) is 0 Å². The Bertz CT molecular complexity index is 721. The molecule has 0 spiro atoms. The Morgan fingerprint density at radius 2 is 1.93 bits per heavy atom. The molecule has 27 heavy (non-hydrogen) atoms. The number of aromatic nitrogens is 3. The van der Waals surface area contributed by atoms with E-state index in [1.165, 1.54) is 11.1 Å². The topological polar surface area (TPSA) is 67.1 Å². The van der Waals surface area contributed by atoms with Crippen LogP contribution in [-0.2, 0) is 19.5 Å². The second-order valence-corrected chi connectivity index (χ2v) is 7.82. The number of guanidine groups is 1. The molecular weight excluding hydrogens is 356 g/mol. The van der Waals surface area contributed by atoms with Crippen LogP contribution in [0.25, 0.3) is 0 Å². The molecule has 2 N–H and O–H groups in total. The van der Waals surface area contributed by atoms with Gasteiger partial charge in [-0.1, -0.05) is 55.4 Å². The maximum atomic E-state index is 4.38. The van der Waals surface area contributed by atoms with E-state index in [0.717, 1.165) is 49.4 Å². The Morgan fingerprint density at radius 3 is 2.56 bits per heavy atom.